The van der Waals surface area contributed by atoms with Crippen molar-refractivity contribution in [2.75, 3.05) is 32.1 Å². The second kappa shape index (κ2) is 9.26. The van der Waals surface area contributed by atoms with Crippen molar-refractivity contribution in [3.63, 3.8) is 0 Å². The molecule has 10 heteroatoms. The van der Waals surface area contributed by atoms with E-state index in [-0.39, 0.29) is 41.7 Å². The lowest BCUT2D eigenvalue weighted by Crippen LogP contribution is -2.46. The molecular formula is C25H26F2N4O4. The molecule has 2 fully saturated rings. The number of carbonyl (C=O) groups is 2. The Morgan fingerprint density at radius 2 is 1.97 bits per heavy atom. The van der Waals surface area contributed by atoms with Gasteiger partial charge in [0.15, 0.2) is 0 Å². The van der Waals surface area contributed by atoms with Gasteiger partial charge in [0, 0.05) is 30.8 Å². The Balaban J connectivity index is 1.52. The topological polar surface area (TPSA) is 85.2 Å². The van der Waals surface area contributed by atoms with Gasteiger partial charge in [0.2, 0.25) is 5.91 Å². The molecule has 3 heterocycles. The third-order valence-electron chi connectivity index (χ3n) is 6.37. The molecule has 0 bridgehead atoms. The first-order chi connectivity index (χ1) is 16.8. The number of fused-ring (bicyclic) bond motifs is 1. The first kappa shape index (κ1) is 23.2. The number of amides is 2. The van der Waals surface area contributed by atoms with Crippen LogP contribution in [0.2, 0.25) is 0 Å². The van der Waals surface area contributed by atoms with E-state index in [2.05, 4.69) is 10.3 Å². The number of ether oxygens (including phenoxy) is 2. The number of nitrogens with zero attached hydrogens (tertiary/aromatic N) is 3. The van der Waals surface area contributed by atoms with Crippen molar-refractivity contribution in [1.82, 2.24) is 14.3 Å². The van der Waals surface area contributed by atoms with Gasteiger partial charge in [-0.15, -0.1) is 0 Å². The fourth-order valence-electron chi connectivity index (χ4n) is 4.41. The summed E-state index contributed by atoms with van der Waals surface area (Å²) < 4.78 is 43.1. The van der Waals surface area contributed by atoms with E-state index in [0.717, 1.165) is 30.5 Å². The van der Waals surface area contributed by atoms with E-state index in [1.54, 1.807) is 15.5 Å². The predicted octanol–water partition coefficient (Wildman–Crippen LogP) is 3.95. The minimum Gasteiger partial charge on any atom is -0.453 e. The number of anilines is 1. The van der Waals surface area contributed by atoms with E-state index in [0.29, 0.717) is 24.5 Å². The maximum absolute atomic E-state index is 15.3. The van der Waals surface area contributed by atoms with E-state index in [1.807, 2.05) is 19.1 Å². The normalized spacial score (nSPS) is 18.1. The fourth-order valence-corrected chi connectivity index (χ4v) is 4.41. The van der Waals surface area contributed by atoms with Crippen LogP contribution in [-0.4, -0.2) is 59.2 Å². The van der Waals surface area contributed by atoms with Crippen LogP contribution >= 0.6 is 0 Å². The van der Waals surface area contributed by atoms with Crippen LogP contribution < -0.4 is 5.32 Å². The van der Waals surface area contributed by atoms with Gasteiger partial charge in [0.05, 0.1) is 43.3 Å². The number of carbonyl (C=O) groups excluding carboxylic acids is 2. The van der Waals surface area contributed by atoms with E-state index < -0.39 is 23.8 Å². The number of methoxy groups -OCH3 is 1. The third kappa shape index (κ3) is 4.70. The quantitative estimate of drug-likeness (QED) is 0.593. The van der Waals surface area contributed by atoms with Crippen molar-refractivity contribution >= 4 is 23.3 Å². The van der Waals surface area contributed by atoms with Gasteiger partial charge in [-0.05, 0) is 49.6 Å². The number of hydrogen-bond acceptors (Lipinski definition) is 5. The van der Waals surface area contributed by atoms with Gasteiger partial charge < -0.3 is 24.1 Å². The predicted molar refractivity (Wildman–Crippen MR) is 124 cm³/mol. The number of pyridine rings is 1. The second-order valence-corrected chi connectivity index (χ2v) is 9.03. The van der Waals surface area contributed by atoms with Gasteiger partial charge in [-0.2, -0.15) is 0 Å². The van der Waals surface area contributed by atoms with Crippen LogP contribution in [0.25, 0.3) is 16.9 Å². The van der Waals surface area contributed by atoms with Crippen molar-refractivity contribution < 1.29 is 27.8 Å². The Kier molecular flexibility index (Phi) is 6.14. The number of benzene rings is 1. The molecule has 1 aliphatic heterocycles. The van der Waals surface area contributed by atoms with E-state index in [4.69, 9.17) is 9.47 Å². The van der Waals surface area contributed by atoms with Gasteiger partial charge in [-0.25, -0.2) is 18.6 Å². The van der Waals surface area contributed by atoms with Crippen molar-refractivity contribution in [1.29, 1.82) is 0 Å². The zero-order valence-electron chi connectivity index (χ0n) is 19.5. The number of halogens is 2. The summed E-state index contributed by atoms with van der Waals surface area (Å²) in [5.41, 5.74) is 2.01. The summed E-state index contributed by atoms with van der Waals surface area (Å²) in [6.07, 6.45) is 2.79. The highest BCUT2D eigenvalue weighted by Gasteiger charge is 2.31. The van der Waals surface area contributed by atoms with Crippen LogP contribution in [0.4, 0.5) is 19.3 Å². The van der Waals surface area contributed by atoms with Crippen molar-refractivity contribution in [3.05, 3.63) is 53.4 Å². The van der Waals surface area contributed by atoms with Crippen LogP contribution in [0.5, 0.6) is 0 Å². The minimum absolute atomic E-state index is 0.0751. The largest absolute Gasteiger partial charge is 0.453 e. The van der Waals surface area contributed by atoms with E-state index >= 15 is 8.78 Å². The van der Waals surface area contributed by atoms with Crippen molar-refractivity contribution in [2.45, 2.75) is 32.3 Å². The molecule has 8 nitrogen and oxygen atoms in total. The molecule has 184 valence electrons. The monoisotopic (exact) mass is 484 g/mol. The van der Waals surface area contributed by atoms with Crippen LogP contribution in [0.3, 0.4) is 0 Å². The number of rotatable bonds is 5. The highest BCUT2D eigenvalue weighted by Crippen LogP contribution is 2.34. The van der Waals surface area contributed by atoms with E-state index in [9.17, 15) is 9.59 Å². The lowest BCUT2D eigenvalue weighted by molar-refractivity contribution is -0.117. The SMILES string of the molecule is COC(=O)N1CCO[C@@H](Cc2c(-c3c(F)cc(NC(=O)C4CC4)cc3F)nc3cc(C)ccn23)C1. The van der Waals surface area contributed by atoms with Gasteiger partial charge in [-0.1, -0.05) is 0 Å². The summed E-state index contributed by atoms with van der Waals surface area (Å²) in [4.78, 5) is 30.2. The van der Waals surface area contributed by atoms with Crippen molar-refractivity contribution in [2.24, 2.45) is 5.92 Å². The van der Waals surface area contributed by atoms with Crippen LogP contribution in [0.1, 0.15) is 24.1 Å². The average molecular weight is 485 g/mol. The highest BCUT2D eigenvalue weighted by molar-refractivity contribution is 5.94. The molecule has 0 unspecified atom stereocenters. The maximum atomic E-state index is 15.3. The molecule has 1 aromatic carbocycles. The number of morpholine rings is 1. The number of aryl methyl sites for hydroxylation is 1. The van der Waals surface area contributed by atoms with Gasteiger partial charge in [0.25, 0.3) is 0 Å². The molecule has 3 aromatic rings. The van der Waals surface area contributed by atoms with Crippen molar-refractivity contribution in [3.8, 4) is 11.3 Å². The molecule has 1 atom stereocenters. The van der Waals surface area contributed by atoms with Crippen LogP contribution in [0.15, 0.2) is 30.5 Å². The first-order valence-corrected chi connectivity index (χ1v) is 11.6. The maximum Gasteiger partial charge on any atom is 0.409 e. The number of imidazole rings is 1. The Labute approximate surface area is 200 Å². The summed E-state index contributed by atoms with van der Waals surface area (Å²) in [5, 5.41) is 2.59. The number of nitrogens with one attached hydrogen (secondary N) is 1. The lowest BCUT2D eigenvalue weighted by atomic mass is 10.0. The summed E-state index contributed by atoms with van der Waals surface area (Å²) in [6, 6.07) is 5.95. The summed E-state index contributed by atoms with van der Waals surface area (Å²) in [5.74, 6) is -1.96. The molecule has 0 radical (unpaired) electrons. The molecule has 2 amide bonds. The minimum atomic E-state index is -0.821. The standard InChI is InChI=1S/C25H26F2N4O4/c1-14-5-6-31-20(12-17-13-30(7-8-35-17)25(33)34-2)23(29-21(31)9-14)22-18(26)10-16(11-19(22)27)28-24(32)15-3-4-15/h5-6,9-11,15,17H,3-4,7-8,12-13H2,1-2H3,(H,28,32)/t17-/m0/s1. The second-order valence-electron chi connectivity index (χ2n) is 9.03. The fraction of sp³-hybridized carbons (Fsp3) is 0.400. The van der Waals surface area contributed by atoms with Gasteiger partial charge in [0.1, 0.15) is 17.3 Å². The summed E-state index contributed by atoms with van der Waals surface area (Å²) in [6.45, 7) is 2.91. The van der Waals surface area contributed by atoms with Gasteiger partial charge >= 0.3 is 6.09 Å². The van der Waals surface area contributed by atoms with Crippen LogP contribution in [-0.2, 0) is 20.7 Å². The molecule has 2 aliphatic rings. The number of aromatic nitrogens is 2. The third-order valence-corrected chi connectivity index (χ3v) is 6.37. The zero-order chi connectivity index (χ0) is 24.7. The summed E-state index contributed by atoms with van der Waals surface area (Å²) in [7, 11) is 1.32. The summed E-state index contributed by atoms with van der Waals surface area (Å²) >= 11 is 0. The molecule has 1 N–H and O–H groups in total. The molecule has 35 heavy (non-hydrogen) atoms. The molecular weight excluding hydrogens is 458 g/mol. The number of hydrogen-bond donors (Lipinski definition) is 1. The Morgan fingerprint density at radius 1 is 1.23 bits per heavy atom. The molecule has 0 spiro atoms. The lowest BCUT2D eigenvalue weighted by Gasteiger charge is -2.32. The average Bonchev–Trinajstić information content (AvgIpc) is 3.62. The Morgan fingerprint density at radius 3 is 2.66 bits per heavy atom. The molecule has 5 rings (SSSR count). The van der Waals surface area contributed by atoms with E-state index in [1.165, 1.54) is 7.11 Å². The van der Waals surface area contributed by atoms with Crippen LogP contribution in [0, 0.1) is 24.5 Å². The zero-order valence-corrected chi connectivity index (χ0v) is 19.5. The highest BCUT2D eigenvalue weighted by atomic mass is 19.1. The Bertz CT molecular complexity index is 1280. The molecule has 1 saturated heterocycles. The van der Waals surface area contributed by atoms with Gasteiger partial charge in [-0.3, -0.25) is 4.79 Å². The smallest absolute Gasteiger partial charge is 0.409 e. The molecule has 1 aliphatic carbocycles. The first-order valence-electron chi connectivity index (χ1n) is 11.6. The molecule has 1 saturated carbocycles. The molecule has 2 aromatic heterocycles. The Hall–Kier alpha value is -3.53.